The summed E-state index contributed by atoms with van der Waals surface area (Å²) >= 11 is 0. The normalized spacial score (nSPS) is 14.2. The Balaban J connectivity index is 1.40. The number of ether oxygens (including phenoxy) is 1. The Morgan fingerprint density at radius 2 is 1.72 bits per heavy atom. The zero-order valence-corrected chi connectivity index (χ0v) is 19.4. The Morgan fingerprint density at radius 1 is 0.944 bits per heavy atom. The highest BCUT2D eigenvalue weighted by molar-refractivity contribution is 6.05. The fourth-order valence-corrected chi connectivity index (χ4v) is 4.51. The Bertz CT molecular complexity index is 1400. The van der Waals surface area contributed by atoms with Gasteiger partial charge in [-0.25, -0.2) is 4.98 Å². The molecule has 0 bridgehead atoms. The van der Waals surface area contributed by atoms with Crippen molar-refractivity contribution in [2.45, 2.75) is 25.7 Å². The first-order chi connectivity index (χ1) is 17.3. The zero-order valence-electron chi connectivity index (χ0n) is 19.4. The number of alkyl halides is 3. The van der Waals surface area contributed by atoms with Gasteiger partial charge in [0.05, 0.1) is 5.52 Å². The van der Waals surface area contributed by atoms with Crippen molar-refractivity contribution in [1.29, 1.82) is 0 Å². The van der Waals surface area contributed by atoms with Gasteiger partial charge in [-0.15, -0.1) is 13.2 Å². The molecule has 2 heterocycles. The molecule has 5 rings (SSSR count). The maximum Gasteiger partial charge on any atom is 0.573 e. The molecule has 0 radical (unpaired) electrons. The molecule has 36 heavy (non-hydrogen) atoms. The molecule has 1 aliphatic heterocycles. The molecule has 0 saturated carbocycles. The van der Waals surface area contributed by atoms with Gasteiger partial charge in [-0.05, 0) is 67.4 Å². The molecule has 0 aliphatic carbocycles. The van der Waals surface area contributed by atoms with E-state index in [0.717, 1.165) is 30.6 Å². The number of carbonyl (C=O) groups excluding carboxylic acids is 1. The highest BCUT2D eigenvalue weighted by Crippen LogP contribution is 2.32. The quantitative estimate of drug-likeness (QED) is 0.328. The fourth-order valence-electron chi connectivity index (χ4n) is 4.51. The summed E-state index contributed by atoms with van der Waals surface area (Å²) in [6.45, 7) is 3.02. The third kappa shape index (κ3) is 5.66. The summed E-state index contributed by atoms with van der Waals surface area (Å²) in [4.78, 5) is 20.0. The van der Waals surface area contributed by atoms with Crippen molar-refractivity contribution in [1.82, 2.24) is 9.88 Å². The minimum Gasteiger partial charge on any atom is -0.406 e. The third-order valence-electron chi connectivity index (χ3n) is 6.12. The number of hydrogen-bond acceptors (Lipinski definition) is 4. The van der Waals surface area contributed by atoms with Crippen LogP contribution in [0.2, 0.25) is 0 Å². The minimum atomic E-state index is -4.79. The van der Waals surface area contributed by atoms with Crippen LogP contribution in [0.5, 0.6) is 5.75 Å². The van der Waals surface area contributed by atoms with Gasteiger partial charge >= 0.3 is 6.36 Å². The Morgan fingerprint density at radius 3 is 2.53 bits per heavy atom. The first-order valence-corrected chi connectivity index (χ1v) is 11.7. The smallest absolute Gasteiger partial charge is 0.406 e. The van der Waals surface area contributed by atoms with Crippen molar-refractivity contribution in [3.63, 3.8) is 0 Å². The van der Waals surface area contributed by atoms with Crippen molar-refractivity contribution in [3.05, 3.63) is 90.1 Å². The van der Waals surface area contributed by atoms with E-state index < -0.39 is 6.36 Å². The fraction of sp³-hybridized carbons (Fsp3) is 0.214. The number of anilines is 1. The highest BCUT2D eigenvalue weighted by atomic mass is 19.4. The molecule has 1 N–H and O–H groups in total. The van der Waals surface area contributed by atoms with Gasteiger partial charge in [0.1, 0.15) is 11.4 Å². The van der Waals surface area contributed by atoms with Gasteiger partial charge < -0.3 is 10.1 Å². The first-order valence-electron chi connectivity index (χ1n) is 11.7. The molecule has 0 atom stereocenters. The molecule has 0 unspecified atom stereocenters. The van der Waals surface area contributed by atoms with Gasteiger partial charge in [0.2, 0.25) is 0 Å². The standard InChI is InChI=1S/C28H24F3N3O2/c29-28(30,31)36-23-10-4-8-21(17-23)24-11-5-7-20-12-13-25(33-26(20)24)27(35)32-22-9-3-6-19(16-22)18-34-14-1-2-15-34/h3-13,16-17H,1-2,14-15,18H2,(H,32,35). The molecule has 0 spiro atoms. The maximum atomic E-state index is 13.0. The van der Waals surface area contributed by atoms with Gasteiger partial charge in [0, 0.05) is 23.2 Å². The van der Waals surface area contributed by atoms with E-state index in [1.165, 1.54) is 31.0 Å². The Labute approximate surface area is 206 Å². The van der Waals surface area contributed by atoms with Crippen LogP contribution in [0.15, 0.2) is 78.9 Å². The van der Waals surface area contributed by atoms with E-state index in [1.54, 1.807) is 30.3 Å². The average molecular weight is 492 g/mol. The van der Waals surface area contributed by atoms with Crippen LogP contribution >= 0.6 is 0 Å². The van der Waals surface area contributed by atoms with Gasteiger partial charge in [0.25, 0.3) is 5.91 Å². The number of aromatic nitrogens is 1. The Kier molecular flexibility index (Phi) is 6.61. The van der Waals surface area contributed by atoms with Gasteiger partial charge in [-0.1, -0.05) is 48.5 Å². The molecule has 1 aliphatic rings. The number of nitrogens with zero attached hydrogens (tertiary/aromatic N) is 2. The number of fused-ring (bicyclic) bond motifs is 1. The number of pyridine rings is 1. The van der Waals surface area contributed by atoms with E-state index in [0.29, 0.717) is 22.3 Å². The predicted octanol–water partition coefficient (Wildman–Crippen LogP) is 6.65. The first kappa shape index (κ1) is 23.8. The maximum absolute atomic E-state index is 13.0. The number of hydrogen-bond donors (Lipinski definition) is 1. The average Bonchev–Trinajstić information content (AvgIpc) is 3.35. The van der Waals surface area contributed by atoms with Crippen LogP contribution in [-0.4, -0.2) is 35.2 Å². The zero-order chi connectivity index (χ0) is 25.1. The van der Waals surface area contributed by atoms with Crippen LogP contribution in [0, 0.1) is 0 Å². The molecule has 5 nitrogen and oxygen atoms in total. The number of amides is 1. The van der Waals surface area contributed by atoms with E-state index in [1.807, 2.05) is 30.3 Å². The lowest BCUT2D eigenvalue weighted by Crippen LogP contribution is -2.18. The lowest BCUT2D eigenvalue weighted by molar-refractivity contribution is -0.274. The summed E-state index contributed by atoms with van der Waals surface area (Å²) < 4.78 is 42.1. The number of benzene rings is 3. The summed E-state index contributed by atoms with van der Waals surface area (Å²) in [5.74, 6) is -0.682. The number of nitrogens with one attached hydrogen (secondary N) is 1. The van der Waals surface area contributed by atoms with Crippen LogP contribution in [-0.2, 0) is 6.54 Å². The largest absolute Gasteiger partial charge is 0.573 e. The number of rotatable bonds is 6. The number of para-hydroxylation sites is 1. The summed E-state index contributed by atoms with van der Waals surface area (Å²) in [6, 6.07) is 22.3. The second kappa shape index (κ2) is 9.99. The lowest BCUT2D eigenvalue weighted by Gasteiger charge is -2.15. The van der Waals surface area contributed by atoms with Gasteiger partial charge in [-0.3, -0.25) is 9.69 Å². The molecular weight excluding hydrogens is 467 g/mol. The number of likely N-dealkylation sites (tertiary alicyclic amines) is 1. The van der Waals surface area contributed by atoms with E-state index in [4.69, 9.17) is 0 Å². The molecule has 4 aromatic rings. The van der Waals surface area contributed by atoms with Crippen LogP contribution < -0.4 is 10.1 Å². The molecule has 3 aromatic carbocycles. The molecule has 8 heteroatoms. The third-order valence-corrected chi connectivity index (χ3v) is 6.12. The summed E-state index contributed by atoms with van der Waals surface area (Å²) in [6.07, 6.45) is -2.36. The monoisotopic (exact) mass is 491 g/mol. The summed E-state index contributed by atoms with van der Waals surface area (Å²) in [5, 5.41) is 3.68. The van der Waals surface area contributed by atoms with Gasteiger partial charge in [-0.2, -0.15) is 0 Å². The second-order valence-electron chi connectivity index (χ2n) is 8.79. The van der Waals surface area contributed by atoms with Crippen LogP contribution in [0.4, 0.5) is 18.9 Å². The lowest BCUT2D eigenvalue weighted by atomic mass is 10.0. The minimum absolute atomic E-state index is 0.211. The molecule has 184 valence electrons. The van der Waals surface area contributed by atoms with Crippen LogP contribution in [0.25, 0.3) is 22.0 Å². The summed E-state index contributed by atoms with van der Waals surface area (Å²) in [5.41, 5.74) is 3.64. The van der Waals surface area contributed by atoms with E-state index >= 15 is 0 Å². The van der Waals surface area contributed by atoms with E-state index in [9.17, 15) is 18.0 Å². The van der Waals surface area contributed by atoms with Crippen LogP contribution in [0.1, 0.15) is 28.9 Å². The second-order valence-corrected chi connectivity index (χ2v) is 8.79. The summed E-state index contributed by atoms with van der Waals surface area (Å²) in [7, 11) is 0. The van der Waals surface area contributed by atoms with Gasteiger partial charge in [0.15, 0.2) is 0 Å². The SMILES string of the molecule is O=C(Nc1cccc(CN2CCCC2)c1)c1ccc2cccc(-c3cccc(OC(F)(F)F)c3)c2n1. The van der Waals surface area contributed by atoms with Crippen LogP contribution in [0.3, 0.4) is 0 Å². The predicted molar refractivity (Wildman–Crippen MR) is 133 cm³/mol. The topological polar surface area (TPSA) is 54.5 Å². The highest BCUT2D eigenvalue weighted by Gasteiger charge is 2.31. The molecule has 1 amide bonds. The Hall–Kier alpha value is -3.91. The van der Waals surface area contributed by atoms with E-state index in [-0.39, 0.29) is 17.4 Å². The van der Waals surface area contributed by atoms with Crippen molar-refractivity contribution in [2.24, 2.45) is 0 Å². The van der Waals surface area contributed by atoms with Crippen molar-refractivity contribution in [3.8, 4) is 16.9 Å². The van der Waals surface area contributed by atoms with Crippen molar-refractivity contribution >= 4 is 22.5 Å². The molecule has 1 saturated heterocycles. The van der Waals surface area contributed by atoms with Crippen molar-refractivity contribution < 1.29 is 22.7 Å². The number of carbonyl (C=O) groups is 1. The molecular formula is C28H24F3N3O2. The van der Waals surface area contributed by atoms with E-state index in [2.05, 4.69) is 19.9 Å². The number of halogens is 3. The van der Waals surface area contributed by atoms with Crippen molar-refractivity contribution in [2.75, 3.05) is 18.4 Å². The molecule has 1 fully saturated rings. The molecule has 1 aromatic heterocycles.